The number of amides is 1. The first kappa shape index (κ1) is 14.5. The van der Waals surface area contributed by atoms with Crippen LogP contribution in [0.25, 0.3) is 0 Å². The molecule has 3 atom stereocenters. The molecule has 5 heteroatoms. The van der Waals surface area contributed by atoms with Gasteiger partial charge in [-0.05, 0) is 30.9 Å². The van der Waals surface area contributed by atoms with Gasteiger partial charge in [0.15, 0.2) is 0 Å². The Bertz CT molecular complexity index is 484. The zero-order valence-electron chi connectivity index (χ0n) is 12.5. The fourth-order valence-corrected chi connectivity index (χ4v) is 3.19. The molecule has 0 unspecified atom stereocenters. The van der Waals surface area contributed by atoms with Crippen molar-refractivity contribution in [1.82, 2.24) is 14.8 Å². The lowest BCUT2D eigenvalue weighted by atomic mass is 10.1. The second kappa shape index (κ2) is 6.12. The van der Waals surface area contributed by atoms with Crippen LogP contribution in [-0.2, 0) is 4.79 Å². The third-order valence-electron chi connectivity index (χ3n) is 4.43. The Morgan fingerprint density at radius 3 is 2.81 bits per heavy atom. The van der Waals surface area contributed by atoms with Gasteiger partial charge in [-0.3, -0.25) is 14.7 Å². The second-order valence-electron chi connectivity index (χ2n) is 6.21. The number of nitrogens with zero attached hydrogens (tertiary/aromatic N) is 3. The minimum atomic E-state index is -0.300. The summed E-state index contributed by atoms with van der Waals surface area (Å²) in [5, 5.41) is 9.41. The van der Waals surface area contributed by atoms with Crippen molar-refractivity contribution in [3.05, 3.63) is 30.1 Å². The maximum absolute atomic E-state index is 12.5. The van der Waals surface area contributed by atoms with E-state index in [2.05, 4.69) is 16.0 Å². The highest BCUT2D eigenvalue weighted by Gasteiger charge is 2.46. The van der Waals surface area contributed by atoms with E-state index in [9.17, 15) is 9.90 Å². The summed E-state index contributed by atoms with van der Waals surface area (Å²) in [6.07, 6.45) is 4.30. The number of carbonyl (C=O) groups is 1. The molecular formula is C16H23N3O2. The molecule has 2 fully saturated rings. The van der Waals surface area contributed by atoms with Crippen LogP contribution < -0.4 is 0 Å². The fourth-order valence-electron chi connectivity index (χ4n) is 3.19. The van der Waals surface area contributed by atoms with E-state index in [-0.39, 0.29) is 12.0 Å². The number of aliphatic hydroxyl groups is 1. The molecule has 1 aromatic heterocycles. The molecule has 0 aromatic carbocycles. The Morgan fingerprint density at radius 2 is 2.19 bits per heavy atom. The molecule has 1 aromatic rings. The van der Waals surface area contributed by atoms with Gasteiger partial charge in [0.2, 0.25) is 5.91 Å². The zero-order valence-corrected chi connectivity index (χ0v) is 12.5. The highest BCUT2D eigenvalue weighted by atomic mass is 16.3. The van der Waals surface area contributed by atoms with Gasteiger partial charge >= 0.3 is 0 Å². The number of carbonyl (C=O) groups excluding carboxylic acids is 1. The van der Waals surface area contributed by atoms with Gasteiger partial charge in [-0.2, -0.15) is 0 Å². The molecule has 0 spiro atoms. The molecule has 1 N–H and O–H groups in total. The van der Waals surface area contributed by atoms with Gasteiger partial charge in [-0.25, -0.2) is 0 Å². The number of aliphatic hydroxyl groups excluding tert-OH is 1. The molecule has 1 saturated carbocycles. The quantitative estimate of drug-likeness (QED) is 0.887. The molecule has 1 saturated heterocycles. The lowest BCUT2D eigenvalue weighted by Gasteiger charge is -2.35. The molecule has 5 nitrogen and oxygen atoms in total. The van der Waals surface area contributed by atoms with Gasteiger partial charge in [0.25, 0.3) is 0 Å². The summed E-state index contributed by atoms with van der Waals surface area (Å²) >= 11 is 0. The number of β-amino-alcohol motifs (C(OH)–C–C–N with tert-alkyl or cyclic N) is 1. The van der Waals surface area contributed by atoms with Crippen molar-refractivity contribution in [2.45, 2.75) is 25.4 Å². The standard InChI is InChI=1S/C16H23N3O2/c1-12(20)11-18-5-7-19(8-6-18)16(21)15-9-14(15)13-3-2-4-17-10-13/h2-4,10,12,14-15,20H,5-9,11H2,1H3/t12-,14+,15+/m0/s1. The first-order valence-corrected chi connectivity index (χ1v) is 7.74. The van der Waals surface area contributed by atoms with Gasteiger partial charge < -0.3 is 10.0 Å². The second-order valence-corrected chi connectivity index (χ2v) is 6.21. The molecular weight excluding hydrogens is 266 g/mol. The molecule has 2 heterocycles. The van der Waals surface area contributed by atoms with Gasteiger partial charge in [0.1, 0.15) is 0 Å². The van der Waals surface area contributed by atoms with Gasteiger partial charge in [0, 0.05) is 51.0 Å². The van der Waals surface area contributed by atoms with E-state index in [4.69, 9.17) is 0 Å². The van der Waals surface area contributed by atoms with Gasteiger partial charge in [-0.15, -0.1) is 0 Å². The lowest BCUT2D eigenvalue weighted by molar-refractivity contribution is -0.134. The van der Waals surface area contributed by atoms with Crippen LogP contribution in [-0.4, -0.2) is 64.6 Å². The summed E-state index contributed by atoms with van der Waals surface area (Å²) in [5.41, 5.74) is 1.18. The topological polar surface area (TPSA) is 56.7 Å². The van der Waals surface area contributed by atoms with Crippen molar-refractivity contribution in [2.75, 3.05) is 32.7 Å². The van der Waals surface area contributed by atoms with Crippen LogP contribution in [0.2, 0.25) is 0 Å². The van der Waals surface area contributed by atoms with Crippen LogP contribution in [0.3, 0.4) is 0 Å². The predicted octanol–water partition coefficient (Wildman–Crippen LogP) is 0.710. The first-order valence-electron chi connectivity index (χ1n) is 7.74. The van der Waals surface area contributed by atoms with Gasteiger partial charge in [-0.1, -0.05) is 6.07 Å². The van der Waals surface area contributed by atoms with Crippen molar-refractivity contribution in [2.24, 2.45) is 5.92 Å². The number of hydrogen-bond acceptors (Lipinski definition) is 4. The van der Waals surface area contributed by atoms with Crippen LogP contribution >= 0.6 is 0 Å². The third-order valence-corrected chi connectivity index (χ3v) is 4.43. The molecule has 1 aliphatic heterocycles. The van der Waals surface area contributed by atoms with Crippen molar-refractivity contribution in [3.8, 4) is 0 Å². The molecule has 1 amide bonds. The van der Waals surface area contributed by atoms with Crippen LogP contribution in [0, 0.1) is 5.92 Å². The predicted molar refractivity (Wildman–Crippen MR) is 79.8 cm³/mol. The largest absolute Gasteiger partial charge is 0.392 e. The monoisotopic (exact) mass is 289 g/mol. The normalized spacial score (nSPS) is 27.4. The highest BCUT2D eigenvalue weighted by Crippen LogP contribution is 2.48. The van der Waals surface area contributed by atoms with Crippen LogP contribution in [0.5, 0.6) is 0 Å². The summed E-state index contributed by atoms with van der Waals surface area (Å²) in [7, 11) is 0. The zero-order chi connectivity index (χ0) is 14.8. The third kappa shape index (κ3) is 3.41. The van der Waals surface area contributed by atoms with E-state index in [1.807, 2.05) is 17.2 Å². The summed E-state index contributed by atoms with van der Waals surface area (Å²) in [4.78, 5) is 20.9. The molecule has 0 radical (unpaired) electrons. The number of piperazine rings is 1. The maximum atomic E-state index is 12.5. The van der Waals surface area contributed by atoms with Crippen molar-refractivity contribution >= 4 is 5.91 Å². The molecule has 3 rings (SSSR count). The summed E-state index contributed by atoms with van der Waals surface area (Å²) in [6.45, 7) is 5.79. The van der Waals surface area contributed by atoms with E-state index in [1.165, 1.54) is 5.56 Å². The first-order chi connectivity index (χ1) is 10.1. The average Bonchev–Trinajstić information content (AvgIpc) is 3.28. The number of hydrogen-bond donors (Lipinski definition) is 1. The highest BCUT2D eigenvalue weighted by molar-refractivity contribution is 5.83. The Labute approximate surface area is 125 Å². The molecule has 114 valence electrons. The SMILES string of the molecule is C[C@H](O)CN1CCN(C(=O)[C@@H]2C[C@@H]2c2cccnc2)CC1. The summed E-state index contributed by atoms with van der Waals surface area (Å²) < 4.78 is 0. The summed E-state index contributed by atoms with van der Waals surface area (Å²) in [5.74, 6) is 0.805. The van der Waals surface area contributed by atoms with Crippen LogP contribution in [0.4, 0.5) is 0 Å². The van der Waals surface area contributed by atoms with E-state index >= 15 is 0 Å². The average molecular weight is 289 g/mol. The smallest absolute Gasteiger partial charge is 0.226 e. The van der Waals surface area contributed by atoms with Crippen LogP contribution in [0.15, 0.2) is 24.5 Å². The Kier molecular flexibility index (Phi) is 4.22. The van der Waals surface area contributed by atoms with E-state index in [0.717, 1.165) is 32.6 Å². The van der Waals surface area contributed by atoms with E-state index < -0.39 is 0 Å². The van der Waals surface area contributed by atoms with E-state index in [0.29, 0.717) is 18.4 Å². The molecule has 2 aliphatic rings. The Morgan fingerprint density at radius 1 is 1.43 bits per heavy atom. The minimum Gasteiger partial charge on any atom is -0.392 e. The van der Waals surface area contributed by atoms with E-state index in [1.54, 1.807) is 13.1 Å². The van der Waals surface area contributed by atoms with Crippen molar-refractivity contribution < 1.29 is 9.90 Å². The van der Waals surface area contributed by atoms with Gasteiger partial charge in [0.05, 0.1) is 6.10 Å². The number of aromatic nitrogens is 1. The Balaban J connectivity index is 1.50. The molecule has 21 heavy (non-hydrogen) atoms. The van der Waals surface area contributed by atoms with Crippen molar-refractivity contribution in [1.29, 1.82) is 0 Å². The van der Waals surface area contributed by atoms with Crippen LogP contribution in [0.1, 0.15) is 24.8 Å². The lowest BCUT2D eigenvalue weighted by Crippen LogP contribution is -2.50. The summed E-state index contributed by atoms with van der Waals surface area (Å²) in [6, 6.07) is 4.00. The Hall–Kier alpha value is -1.46. The molecule has 0 bridgehead atoms. The minimum absolute atomic E-state index is 0.150. The molecule has 1 aliphatic carbocycles. The fraction of sp³-hybridized carbons (Fsp3) is 0.625. The number of pyridine rings is 1. The number of rotatable bonds is 4. The maximum Gasteiger partial charge on any atom is 0.226 e. The van der Waals surface area contributed by atoms with Crippen molar-refractivity contribution in [3.63, 3.8) is 0 Å².